The first-order valence-electron chi connectivity index (χ1n) is 5.94. The van der Waals surface area contributed by atoms with Crippen LogP contribution in [0, 0.1) is 0 Å². The molecule has 0 bridgehead atoms. The van der Waals surface area contributed by atoms with E-state index in [1.807, 2.05) is 0 Å². The molecule has 2 rings (SSSR count). The summed E-state index contributed by atoms with van der Waals surface area (Å²) in [6.07, 6.45) is 0. The zero-order valence-corrected chi connectivity index (χ0v) is 15.3. The van der Waals surface area contributed by atoms with Gasteiger partial charge in [-0.05, 0) is 24.3 Å². The molecule has 27 heavy (non-hydrogen) atoms. The van der Waals surface area contributed by atoms with Gasteiger partial charge in [-0.25, -0.2) is 0 Å². The van der Waals surface area contributed by atoms with E-state index in [0.717, 1.165) is 0 Å². The topological polar surface area (TPSA) is 217 Å². The van der Waals surface area contributed by atoms with E-state index in [1.165, 1.54) is 0 Å². The molecule has 17 heteroatoms. The van der Waals surface area contributed by atoms with Gasteiger partial charge in [0.2, 0.25) is 0 Å². The maximum atomic E-state index is 11.5. The first-order valence-corrected chi connectivity index (χ1v) is 11.7. The summed E-state index contributed by atoms with van der Waals surface area (Å²) in [6, 6.07) is 1.32. The van der Waals surface area contributed by atoms with Crippen LogP contribution in [0.5, 0.6) is 0 Å². The fourth-order valence-electron chi connectivity index (χ4n) is 2.07. The molecule has 0 aliphatic rings. The first-order chi connectivity index (χ1) is 11.4. The summed E-state index contributed by atoms with van der Waals surface area (Å²) in [5.41, 5.74) is 0. The Hall–Kier alpha value is -1.06. The molecule has 0 aliphatic carbocycles. The Morgan fingerprint density at radius 2 is 0.741 bits per heavy atom. The minimum atomic E-state index is -5.27. The predicted molar refractivity (Wildman–Crippen MR) is 90.4 cm³/mol. The molecule has 0 heterocycles. The Morgan fingerprint density at radius 1 is 0.481 bits per heavy atom. The van der Waals surface area contributed by atoms with Crippen LogP contribution in [0.15, 0.2) is 43.8 Å². The summed E-state index contributed by atoms with van der Waals surface area (Å²) in [4.78, 5) is -4.92. The standard InChI is InChI=1S/C10H8O12S4.Li.H/c11-23(12,13)5-1-7-8(10(3-5)26(20,21)22)2-6(24(14,15)16)4-9(7)25(17,18)19;;/h1-4H,(H,11,12,13)(H,14,15,16)(H,17,18,19)(H,20,21,22);;. The Labute approximate surface area is 165 Å². The fourth-order valence-corrected chi connectivity index (χ4v) is 4.73. The van der Waals surface area contributed by atoms with Crippen molar-refractivity contribution in [1.82, 2.24) is 0 Å². The van der Waals surface area contributed by atoms with Gasteiger partial charge in [0.25, 0.3) is 40.5 Å². The molecule has 2 aromatic rings. The summed E-state index contributed by atoms with van der Waals surface area (Å²) in [5, 5.41) is -1.72. The van der Waals surface area contributed by atoms with E-state index >= 15 is 0 Å². The number of rotatable bonds is 4. The first kappa shape index (κ1) is 24.0. The van der Waals surface area contributed by atoms with Crippen LogP contribution in [0.25, 0.3) is 10.8 Å². The van der Waals surface area contributed by atoms with Crippen LogP contribution in [0.1, 0.15) is 0 Å². The molecule has 0 unspecified atom stereocenters. The van der Waals surface area contributed by atoms with Crippen LogP contribution in [0.3, 0.4) is 0 Å². The molecule has 0 atom stereocenters. The van der Waals surface area contributed by atoms with Crippen LogP contribution in [-0.4, -0.2) is 70.7 Å². The molecular formula is C10H9LiO12S4. The van der Waals surface area contributed by atoms with Gasteiger partial charge < -0.3 is 0 Å². The van der Waals surface area contributed by atoms with Crippen LogP contribution in [0.4, 0.5) is 0 Å². The molecule has 0 spiro atoms. The zero-order chi connectivity index (χ0) is 20.3. The van der Waals surface area contributed by atoms with Gasteiger partial charge in [-0.1, -0.05) is 0 Å². The maximum absolute atomic E-state index is 11.5. The molecule has 0 amide bonds. The van der Waals surface area contributed by atoms with Crippen molar-refractivity contribution in [3.8, 4) is 0 Å². The van der Waals surface area contributed by atoms with E-state index in [-0.39, 0.29) is 31.0 Å². The number of fused-ring (bicyclic) bond motifs is 1. The van der Waals surface area contributed by atoms with Gasteiger partial charge in [0.15, 0.2) is 0 Å². The van der Waals surface area contributed by atoms with E-state index in [4.69, 9.17) is 9.11 Å². The monoisotopic (exact) mass is 456 g/mol. The van der Waals surface area contributed by atoms with E-state index < -0.39 is 70.8 Å². The summed E-state index contributed by atoms with van der Waals surface area (Å²) in [5.74, 6) is 0. The third-order valence-electron chi connectivity index (χ3n) is 3.09. The van der Waals surface area contributed by atoms with Gasteiger partial charge in [-0.15, -0.1) is 0 Å². The Bertz CT molecular complexity index is 1250. The average molecular weight is 456 g/mol. The van der Waals surface area contributed by atoms with E-state index in [9.17, 15) is 42.8 Å². The SMILES string of the molecule is O=S(=O)(O)c1cc(S(=O)(=O)O)c2cc(S(=O)(=O)O)cc(S(=O)(=O)O)c2c1.[LiH]. The average Bonchev–Trinajstić information content (AvgIpc) is 2.40. The molecule has 0 fully saturated rings. The van der Waals surface area contributed by atoms with Crippen LogP contribution in [0.2, 0.25) is 0 Å². The Balaban J connectivity index is 0.00000364. The van der Waals surface area contributed by atoms with Gasteiger partial charge in [-0.2, -0.15) is 33.7 Å². The van der Waals surface area contributed by atoms with Gasteiger partial charge in [0, 0.05) is 10.8 Å². The molecule has 4 N–H and O–H groups in total. The van der Waals surface area contributed by atoms with E-state index in [0.29, 0.717) is 12.1 Å². The molecule has 0 saturated heterocycles. The van der Waals surface area contributed by atoms with Gasteiger partial charge >= 0.3 is 18.9 Å². The third kappa shape index (κ3) is 5.06. The van der Waals surface area contributed by atoms with Crippen LogP contribution in [-0.2, 0) is 40.5 Å². The minimum absolute atomic E-state index is 0. The molecular weight excluding hydrogens is 447 g/mol. The third-order valence-corrected chi connectivity index (χ3v) is 6.54. The number of hydrogen-bond donors (Lipinski definition) is 4. The molecule has 12 nitrogen and oxygen atoms in total. The zero-order valence-electron chi connectivity index (χ0n) is 12.0. The molecule has 2 aromatic carbocycles. The molecule has 0 radical (unpaired) electrons. The summed E-state index contributed by atoms with van der Waals surface area (Å²) in [6.45, 7) is 0. The summed E-state index contributed by atoms with van der Waals surface area (Å²) in [7, 11) is -20.7. The van der Waals surface area contributed by atoms with Crippen LogP contribution >= 0.6 is 0 Å². The van der Waals surface area contributed by atoms with Crippen molar-refractivity contribution in [2.75, 3.05) is 0 Å². The Morgan fingerprint density at radius 3 is 0.926 bits per heavy atom. The number of benzene rings is 2. The summed E-state index contributed by atoms with van der Waals surface area (Å²) < 4.78 is 128. The van der Waals surface area contributed by atoms with Gasteiger partial charge in [0.1, 0.15) is 9.79 Å². The van der Waals surface area contributed by atoms with Crippen molar-refractivity contribution >= 4 is 70.1 Å². The quantitative estimate of drug-likeness (QED) is 0.327. The second-order valence-electron chi connectivity index (χ2n) is 4.84. The van der Waals surface area contributed by atoms with Crippen molar-refractivity contribution < 1.29 is 51.9 Å². The van der Waals surface area contributed by atoms with Crippen molar-refractivity contribution in [1.29, 1.82) is 0 Å². The van der Waals surface area contributed by atoms with Gasteiger partial charge in [0.05, 0.1) is 9.79 Å². The van der Waals surface area contributed by atoms with Crippen molar-refractivity contribution in [2.24, 2.45) is 0 Å². The normalized spacial score (nSPS) is 13.3. The Kier molecular flexibility index (Phi) is 6.28. The molecule has 0 aromatic heterocycles. The number of hydrogen-bond acceptors (Lipinski definition) is 8. The molecule has 0 aliphatic heterocycles. The van der Waals surface area contributed by atoms with Crippen molar-refractivity contribution in [3.05, 3.63) is 24.3 Å². The molecule has 146 valence electrons. The summed E-state index contributed by atoms with van der Waals surface area (Å²) >= 11 is 0. The van der Waals surface area contributed by atoms with Crippen molar-refractivity contribution in [2.45, 2.75) is 19.6 Å². The van der Waals surface area contributed by atoms with E-state index in [1.54, 1.807) is 0 Å². The van der Waals surface area contributed by atoms with Crippen LogP contribution < -0.4 is 0 Å². The second-order valence-corrected chi connectivity index (χ2v) is 10.5. The predicted octanol–water partition coefficient (Wildman–Crippen LogP) is -0.822. The molecule has 0 saturated carbocycles. The fraction of sp³-hybridized carbons (Fsp3) is 0. The van der Waals surface area contributed by atoms with Crippen molar-refractivity contribution in [3.63, 3.8) is 0 Å². The van der Waals surface area contributed by atoms with E-state index in [2.05, 4.69) is 0 Å². The van der Waals surface area contributed by atoms with Gasteiger partial charge in [-0.3, -0.25) is 18.2 Å². The second kappa shape index (κ2) is 7.08.